The van der Waals surface area contributed by atoms with Crippen LogP contribution in [0.4, 0.5) is 10.1 Å². The molecule has 6 nitrogen and oxygen atoms in total. The van der Waals surface area contributed by atoms with Gasteiger partial charge in [-0.15, -0.1) is 0 Å². The molecule has 4 rings (SSSR count). The molecule has 0 fully saturated rings. The van der Waals surface area contributed by atoms with Gasteiger partial charge >= 0.3 is 0 Å². The SMILES string of the molecule is Cc1ccccc1N1CC(O)=C(c2nc3cc(F)ccc3c(=O)[nH]2)C1=N. The first-order valence-corrected chi connectivity index (χ1v) is 8.00. The summed E-state index contributed by atoms with van der Waals surface area (Å²) in [7, 11) is 0. The van der Waals surface area contributed by atoms with E-state index in [9.17, 15) is 14.3 Å². The molecule has 0 aliphatic carbocycles. The van der Waals surface area contributed by atoms with Gasteiger partial charge in [-0.2, -0.15) is 0 Å². The number of para-hydroxylation sites is 1. The molecule has 7 heteroatoms. The van der Waals surface area contributed by atoms with Gasteiger partial charge in [0, 0.05) is 11.8 Å². The van der Waals surface area contributed by atoms with Crippen LogP contribution in [0.25, 0.3) is 16.5 Å². The maximum atomic E-state index is 13.5. The van der Waals surface area contributed by atoms with Crippen molar-refractivity contribution in [3.63, 3.8) is 0 Å². The molecule has 130 valence electrons. The smallest absolute Gasteiger partial charge is 0.259 e. The molecule has 2 heterocycles. The normalized spacial score (nSPS) is 14.5. The first-order chi connectivity index (χ1) is 12.5. The van der Waals surface area contributed by atoms with E-state index in [0.29, 0.717) is 0 Å². The first kappa shape index (κ1) is 16.0. The molecule has 0 radical (unpaired) electrons. The second-order valence-electron chi connectivity index (χ2n) is 6.12. The maximum absolute atomic E-state index is 13.5. The fraction of sp³-hybridized carbons (Fsp3) is 0.105. The summed E-state index contributed by atoms with van der Waals surface area (Å²) in [4.78, 5) is 20.7. The molecule has 0 atom stereocenters. The van der Waals surface area contributed by atoms with Gasteiger partial charge in [0.1, 0.15) is 23.2 Å². The predicted molar refractivity (Wildman–Crippen MR) is 98.1 cm³/mol. The highest BCUT2D eigenvalue weighted by atomic mass is 19.1. The maximum Gasteiger partial charge on any atom is 0.259 e. The van der Waals surface area contributed by atoms with Crippen molar-refractivity contribution >= 4 is 28.0 Å². The third kappa shape index (κ3) is 2.45. The quantitative estimate of drug-likeness (QED) is 0.662. The molecule has 0 saturated heterocycles. The Balaban J connectivity index is 1.82. The standard InChI is InChI=1S/C19H15FN4O2/c1-10-4-2-3-5-14(10)24-9-15(25)16(17(24)21)18-22-13-8-11(20)6-7-12(13)19(26)23-18/h2-8,21,25H,9H2,1H3,(H,22,23,26). The monoisotopic (exact) mass is 350 g/mol. The molecule has 26 heavy (non-hydrogen) atoms. The molecule has 3 N–H and O–H groups in total. The molecule has 1 aliphatic heterocycles. The highest BCUT2D eigenvalue weighted by Crippen LogP contribution is 2.31. The van der Waals surface area contributed by atoms with E-state index in [1.165, 1.54) is 12.1 Å². The number of hydrogen-bond acceptors (Lipinski definition) is 4. The van der Waals surface area contributed by atoms with Crippen molar-refractivity contribution in [3.8, 4) is 0 Å². The molecule has 0 unspecified atom stereocenters. The zero-order chi connectivity index (χ0) is 18.4. The van der Waals surface area contributed by atoms with Gasteiger partial charge in [0.25, 0.3) is 5.56 Å². The Kier molecular flexibility index (Phi) is 3.57. The van der Waals surface area contributed by atoms with Crippen LogP contribution < -0.4 is 10.5 Å². The third-order valence-electron chi connectivity index (χ3n) is 4.41. The van der Waals surface area contributed by atoms with Crippen LogP contribution in [-0.2, 0) is 0 Å². The minimum Gasteiger partial charge on any atom is -0.509 e. The van der Waals surface area contributed by atoms with Crippen LogP contribution in [0.5, 0.6) is 0 Å². The predicted octanol–water partition coefficient (Wildman–Crippen LogP) is 3.14. The Labute approximate surface area is 147 Å². The van der Waals surface area contributed by atoms with E-state index in [4.69, 9.17) is 5.41 Å². The van der Waals surface area contributed by atoms with E-state index in [0.717, 1.165) is 17.3 Å². The molecule has 2 aromatic carbocycles. The van der Waals surface area contributed by atoms with Gasteiger partial charge in [-0.25, -0.2) is 9.37 Å². The Hall–Kier alpha value is -3.48. The number of nitrogens with zero attached hydrogens (tertiary/aromatic N) is 2. The minimum absolute atomic E-state index is 0.0238. The number of hydrogen-bond donors (Lipinski definition) is 3. The number of halogens is 1. The summed E-state index contributed by atoms with van der Waals surface area (Å²) in [6.45, 7) is 2.01. The first-order valence-electron chi connectivity index (χ1n) is 8.00. The van der Waals surface area contributed by atoms with Gasteiger partial charge in [0.2, 0.25) is 0 Å². The number of aliphatic hydroxyl groups excluding tert-OH is 1. The largest absolute Gasteiger partial charge is 0.509 e. The number of aryl methyl sites for hydroxylation is 1. The lowest BCUT2D eigenvalue weighted by Crippen LogP contribution is -2.27. The van der Waals surface area contributed by atoms with Crippen molar-refractivity contribution in [2.24, 2.45) is 0 Å². The molecule has 0 bridgehead atoms. The van der Waals surface area contributed by atoms with Crippen molar-refractivity contribution in [1.29, 1.82) is 5.41 Å². The molecule has 0 saturated carbocycles. The number of aliphatic hydroxyl groups is 1. The summed E-state index contributed by atoms with van der Waals surface area (Å²) in [5.74, 6) is -0.512. The molecule has 0 amide bonds. The van der Waals surface area contributed by atoms with E-state index >= 15 is 0 Å². The van der Waals surface area contributed by atoms with E-state index in [2.05, 4.69) is 9.97 Å². The van der Waals surface area contributed by atoms with Gasteiger partial charge < -0.3 is 15.0 Å². The third-order valence-corrected chi connectivity index (χ3v) is 4.41. The van der Waals surface area contributed by atoms with Crippen molar-refractivity contribution in [1.82, 2.24) is 9.97 Å². The van der Waals surface area contributed by atoms with E-state index in [-0.39, 0.29) is 40.4 Å². The summed E-state index contributed by atoms with van der Waals surface area (Å²) in [5.41, 5.74) is 1.59. The Morgan fingerprint density at radius 1 is 1.27 bits per heavy atom. The van der Waals surface area contributed by atoms with Gasteiger partial charge in [-0.05, 0) is 30.7 Å². The Bertz CT molecular complexity index is 1150. The average Bonchev–Trinajstić information content (AvgIpc) is 2.89. The molecular weight excluding hydrogens is 335 g/mol. The number of benzene rings is 2. The number of anilines is 1. The number of fused-ring (bicyclic) bond motifs is 1. The number of aromatic nitrogens is 2. The van der Waals surface area contributed by atoms with Crippen LogP contribution in [-0.4, -0.2) is 27.5 Å². The number of rotatable bonds is 2. The average molecular weight is 350 g/mol. The summed E-state index contributed by atoms with van der Waals surface area (Å²) in [6.07, 6.45) is 0. The van der Waals surface area contributed by atoms with Crippen LogP contribution in [0.3, 0.4) is 0 Å². The molecule has 1 aliphatic rings. The zero-order valence-corrected chi connectivity index (χ0v) is 13.9. The Morgan fingerprint density at radius 2 is 2.04 bits per heavy atom. The molecule has 0 spiro atoms. The van der Waals surface area contributed by atoms with Crippen molar-refractivity contribution in [2.45, 2.75) is 6.92 Å². The summed E-state index contributed by atoms with van der Waals surface area (Å²) < 4.78 is 13.5. The van der Waals surface area contributed by atoms with Crippen LogP contribution in [0.15, 0.2) is 53.0 Å². The molecule has 3 aromatic rings. The van der Waals surface area contributed by atoms with Crippen LogP contribution in [0.1, 0.15) is 11.4 Å². The fourth-order valence-electron chi connectivity index (χ4n) is 3.13. The number of H-pyrrole nitrogens is 1. The van der Waals surface area contributed by atoms with Crippen LogP contribution in [0, 0.1) is 18.2 Å². The summed E-state index contributed by atoms with van der Waals surface area (Å²) >= 11 is 0. The lowest BCUT2D eigenvalue weighted by atomic mass is 10.1. The van der Waals surface area contributed by atoms with E-state index in [1.807, 2.05) is 31.2 Å². The van der Waals surface area contributed by atoms with E-state index < -0.39 is 11.4 Å². The van der Waals surface area contributed by atoms with Crippen LogP contribution >= 0.6 is 0 Å². The second-order valence-corrected chi connectivity index (χ2v) is 6.12. The van der Waals surface area contributed by atoms with Crippen LogP contribution in [0.2, 0.25) is 0 Å². The lowest BCUT2D eigenvalue weighted by molar-refractivity contribution is 0.411. The van der Waals surface area contributed by atoms with Gasteiger partial charge in [0.15, 0.2) is 0 Å². The van der Waals surface area contributed by atoms with Crippen molar-refractivity contribution < 1.29 is 9.50 Å². The highest BCUT2D eigenvalue weighted by molar-refractivity contribution is 6.30. The number of nitrogens with one attached hydrogen (secondary N) is 2. The highest BCUT2D eigenvalue weighted by Gasteiger charge is 2.31. The summed E-state index contributed by atoms with van der Waals surface area (Å²) in [6, 6.07) is 11.2. The number of amidine groups is 1. The lowest BCUT2D eigenvalue weighted by Gasteiger charge is -2.20. The second kappa shape index (κ2) is 5.80. The van der Waals surface area contributed by atoms with Crippen molar-refractivity contribution in [3.05, 3.63) is 75.8 Å². The topological polar surface area (TPSA) is 93.1 Å². The van der Waals surface area contributed by atoms with Gasteiger partial charge in [-0.3, -0.25) is 10.2 Å². The van der Waals surface area contributed by atoms with E-state index in [1.54, 1.807) is 4.90 Å². The van der Waals surface area contributed by atoms with Crippen molar-refractivity contribution in [2.75, 3.05) is 11.4 Å². The van der Waals surface area contributed by atoms with Gasteiger partial charge in [0.05, 0.1) is 23.0 Å². The molecular formula is C19H15FN4O2. The minimum atomic E-state index is -0.511. The fourth-order valence-corrected chi connectivity index (χ4v) is 3.13. The number of aromatic amines is 1. The Morgan fingerprint density at radius 3 is 2.81 bits per heavy atom. The summed E-state index contributed by atoms with van der Waals surface area (Å²) in [5, 5.41) is 19.1. The zero-order valence-electron chi connectivity index (χ0n) is 13.9. The van der Waals surface area contributed by atoms with Gasteiger partial charge in [-0.1, -0.05) is 18.2 Å². The molecule has 1 aromatic heterocycles.